The first-order valence-electron chi connectivity index (χ1n) is 8.45. The van der Waals surface area contributed by atoms with Crippen LogP contribution in [-0.4, -0.2) is 26.4 Å². The number of aromatic nitrogens is 3. The fourth-order valence-electron chi connectivity index (χ4n) is 2.76. The first-order valence-corrected chi connectivity index (χ1v) is 9.44. The molecule has 1 N–H and O–H groups in total. The number of carbonyl (C=O) groups excluding carboxylic acids is 1. The summed E-state index contributed by atoms with van der Waals surface area (Å²) in [6.45, 7) is 1.90. The van der Waals surface area contributed by atoms with Crippen molar-refractivity contribution in [2.75, 3.05) is 5.75 Å². The zero-order valence-electron chi connectivity index (χ0n) is 14.9. The molecule has 27 heavy (non-hydrogen) atoms. The Kier molecular flexibility index (Phi) is 4.72. The summed E-state index contributed by atoms with van der Waals surface area (Å²) in [6, 6.07) is 13.1. The third kappa shape index (κ3) is 3.61. The summed E-state index contributed by atoms with van der Waals surface area (Å²) in [7, 11) is 1.84. The molecule has 7 nitrogen and oxygen atoms in total. The van der Waals surface area contributed by atoms with Crippen LogP contribution >= 0.6 is 11.8 Å². The first kappa shape index (κ1) is 17.4. The van der Waals surface area contributed by atoms with E-state index in [2.05, 4.69) is 15.5 Å². The molecule has 0 aliphatic heterocycles. The number of amides is 1. The van der Waals surface area contributed by atoms with Crippen molar-refractivity contribution >= 4 is 28.6 Å². The number of hydrogen-bond acceptors (Lipinski definition) is 6. The van der Waals surface area contributed by atoms with Gasteiger partial charge in [-0.15, -0.1) is 10.2 Å². The molecular weight excluding hydrogens is 364 g/mol. The highest BCUT2D eigenvalue weighted by Crippen LogP contribution is 2.25. The monoisotopic (exact) mass is 382 g/mol. The molecule has 4 aromatic rings. The highest BCUT2D eigenvalue weighted by molar-refractivity contribution is 7.99. The molecule has 3 heterocycles. The van der Waals surface area contributed by atoms with E-state index in [1.807, 2.05) is 50.4 Å². The number of fused-ring (bicyclic) bond motifs is 1. The Bertz CT molecular complexity index is 1030. The van der Waals surface area contributed by atoms with Crippen LogP contribution in [0, 0.1) is 0 Å². The van der Waals surface area contributed by atoms with E-state index in [1.54, 1.807) is 16.9 Å². The van der Waals surface area contributed by atoms with E-state index in [0.717, 1.165) is 16.7 Å². The van der Waals surface area contributed by atoms with Gasteiger partial charge in [-0.25, -0.2) is 0 Å². The number of nitrogens with one attached hydrogen (secondary N) is 1. The molecule has 0 radical (unpaired) electrons. The third-order valence-electron chi connectivity index (χ3n) is 4.16. The Balaban J connectivity index is 1.37. The van der Waals surface area contributed by atoms with Crippen LogP contribution in [0.3, 0.4) is 0 Å². The number of benzene rings is 1. The number of hydrogen-bond donors (Lipinski definition) is 1. The number of thioether (sulfide) groups is 1. The van der Waals surface area contributed by atoms with Gasteiger partial charge in [-0.1, -0.05) is 30.0 Å². The molecule has 3 aromatic heterocycles. The summed E-state index contributed by atoms with van der Waals surface area (Å²) in [5.41, 5.74) is 0.813. The second-order valence-electron chi connectivity index (χ2n) is 6.11. The predicted molar refractivity (Wildman–Crippen MR) is 102 cm³/mol. The Hall–Kier alpha value is -3.00. The Morgan fingerprint density at radius 1 is 1.26 bits per heavy atom. The van der Waals surface area contributed by atoms with Gasteiger partial charge in [0.15, 0.2) is 16.7 Å². The molecule has 0 unspecified atom stereocenters. The molecule has 0 fully saturated rings. The minimum atomic E-state index is -0.219. The summed E-state index contributed by atoms with van der Waals surface area (Å²) in [5, 5.41) is 12.9. The van der Waals surface area contributed by atoms with E-state index in [9.17, 15) is 4.79 Å². The zero-order chi connectivity index (χ0) is 18.8. The Morgan fingerprint density at radius 2 is 2.11 bits per heavy atom. The smallest absolute Gasteiger partial charge is 0.231 e. The van der Waals surface area contributed by atoms with Crippen LogP contribution < -0.4 is 5.32 Å². The van der Waals surface area contributed by atoms with Gasteiger partial charge in [0, 0.05) is 12.4 Å². The van der Waals surface area contributed by atoms with E-state index >= 15 is 0 Å². The molecule has 0 aliphatic rings. The van der Waals surface area contributed by atoms with Crippen LogP contribution in [0.2, 0.25) is 0 Å². The van der Waals surface area contributed by atoms with Crippen LogP contribution in [0.1, 0.15) is 18.7 Å². The van der Waals surface area contributed by atoms with Gasteiger partial charge in [0.05, 0.1) is 18.1 Å². The van der Waals surface area contributed by atoms with Crippen LogP contribution in [0.4, 0.5) is 0 Å². The molecule has 4 rings (SSSR count). The zero-order valence-corrected chi connectivity index (χ0v) is 15.7. The maximum absolute atomic E-state index is 12.3. The Labute approximate surface area is 159 Å². The molecule has 138 valence electrons. The van der Waals surface area contributed by atoms with Crippen molar-refractivity contribution in [2.45, 2.75) is 18.1 Å². The molecule has 0 saturated carbocycles. The predicted octanol–water partition coefficient (Wildman–Crippen LogP) is 3.79. The summed E-state index contributed by atoms with van der Waals surface area (Å²) >= 11 is 1.32. The molecule has 0 spiro atoms. The molecular formula is C19H18N4O3S. The maximum atomic E-state index is 12.3. The van der Waals surface area contributed by atoms with Crippen LogP contribution in [0.5, 0.6) is 0 Å². The number of nitrogens with zero attached hydrogens (tertiary/aromatic N) is 3. The van der Waals surface area contributed by atoms with Gasteiger partial charge in [0.2, 0.25) is 5.91 Å². The summed E-state index contributed by atoms with van der Waals surface area (Å²) < 4.78 is 12.9. The second-order valence-corrected chi connectivity index (χ2v) is 7.05. The van der Waals surface area contributed by atoms with Crippen molar-refractivity contribution in [3.63, 3.8) is 0 Å². The van der Waals surface area contributed by atoms with E-state index in [0.29, 0.717) is 16.7 Å². The van der Waals surface area contributed by atoms with E-state index in [4.69, 9.17) is 8.83 Å². The molecule has 0 aliphatic carbocycles. The summed E-state index contributed by atoms with van der Waals surface area (Å²) in [4.78, 5) is 12.3. The van der Waals surface area contributed by atoms with Crippen molar-refractivity contribution < 1.29 is 13.6 Å². The van der Waals surface area contributed by atoms with Gasteiger partial charge in [-0.05, 0) is 31.2 Å². The van der Waals surface area contributed by atoms with Gasteiger partial charge < -0.3 is 18.7 Å². The molecule has 1 amide bonds. The summed E-state index contributed by atoms with van der Waals surface area (Å²) in [6.07, 6.45) is 1.59. The Morgan fingerprint density at radius 3 is 2.89 bits per heavy atom. The number of carbonyl (C=O) groups is 1. The standard InChI is InChI=1S/C19H18N4O3S/c1-12(16-10-13-6-3-4-7-14(13)26-16)20-17(24)11-27-19-22-21-18(23(19)2)15-8-5-9-25-15/h3-10,12H,11H2,1-2H3,(H,20,24)/t12-/m1/s1. The van der Waals surface area contributed by atoms with E-state index in [-0.39, 0.29) is 17.7 Å². The lowest BCUT2D eigenvalue weighted by Crippen LogP contribution is -2.28. The van der Waals surface area contributed by atoms with Crippen molar-refractivity contribution in [1.82, 2.24) is 20.1 Å². The SMILES string of the molecule is C[C@@H](NC(=O)CSc1nnc(-c2ccco2)n1C)c1cc2ccccc2o1. The van der Waals surface area contributed by atoms with E-state index < -0.39 is 0 Å². The van der Waals surface area contributed by atoms with Crippen molar-refractivity contribution in [3.8, 4) is 11.6 Å². The van der Waals surface area contributed by atoms with Gasteiger partial charge in [0.25, 0.3) is 0 Å². The third-order valence-corrected chi connectivity index (χ3v) is 5.18. The van der Waals surface area contributed by atoms with Crippen molar-refractivity contribution in [2.24, 2.45) is 7.05 Å². The van der Waals surface area contributed by atoms with Gasteiger partial charge in [0.1, 0.15) is 11.3 Å². The lowest BCUT2D eigenvalue weighted by Gasteiger charge is -2.11. The fraction of sp³-hybridized carbons (Fsp3) is 0.211. The van der Waals surface area contributed by atoms with Crippen LogP contribution in [-0.2, 0) is 11.8 Å². The number of para-hydroxylation sites is 1. The maximum Gasteiger partial charge on any atom is 0.231 e. The van der Waals surface area contributed by atoms with Gasteiger partial charge in [-0.3, -0.25) is 4.79 Å². The highest BCUT2D eigenvalue weighted by Gasteiger charge is 2.17. The minimum Gasteiger partial charge on any atom is -0.461 e. The molecule has 8 heteroatoms. The van der Waals surface area contributed by atoms with Crippen molar-refractivity contribution in [3.05, 3.63) is 54.5 Å². The summed E-state index contributed by atoms with van der Waals surface area (Å²) in [5.74, 6) is 2.12. The van der Waals surface area contributed by atoms with Crippen LogP contribution in [0.25, 0.3) is 22.6 Å². The topological polar surface area (TPSA) is 86.1 Å². The normalized spacial score (nSPS) is 12.4. The quantitative estimate of drug-likeness (QED) is 0.511. The lowest BCUT2D eigenvalue weighted by atomic mass is 10.2. The fourth-order valence-corrected chi connectivity index (χ4v) is 3.48. The van der Waals surface area contributed by atoms with Gasteiger partial charge >= 0.3 is 0 Å². The first-order chi connectivity index (χ1) is 13.1. The average molecular weight is 382 g/mol. The largest absolute Gasteiger partial charge is 0.461 e. The lowest BCUT2D eigenvalue weighted by molar-refractivity contribution is -0.119. The number of furan rings is 2. The molecule has 0 bridgehead atoms. The molecule has 1 aromatic carbocycles. The van der Waals surface area contributed by atoms with Crippen molar-refractivity contribution in [1.29, 1.82) is 0 Å². The van der Waals surface area contributed by atoms with Crippen LogP contribution in [0.15, 0.2) is 62.7 Å². The highest BCUT2D eigenvalue weighted by atomic mass is 32.2. The molecule has 0 saturated heterocycles. The average Bonchev–Trinajstić information content (AvgIpc) is 3.39. The number of rotatable bonds is 6. The molecule has 1 atom stereocenters. The minimum absolute atomic E-state index is 0.101. The van der Waals surface area contributed by atoms with Gasteiger partial charge in [-0.2, -0.15) is 0 Å². The second kappa shape index (κ2) is 7.32. The van der Waals surface area contributed by atoms with E-state index in [1.165, 1.54) is 11.8 Å².